The van der Waals surface area contributed by atoms with Gasteiger partial charge >= 0.3 is 0 Å². The van der Waals surface area contributed by atoms with Gasteiger partial charge in [0.1, 0.15) is 5.84 Å². The van der Waals surface area contributed by atoms with Gasteiger partial charge in [-0.2, -0.15) is 0 Å². The fourth-order valence-electron chi connectivity index (χ4n) is 2.11. The molecular formula is C13H19N3O. The van der Waals surface area contributed by atoms with Gasteiger partial charge in [0.2, 0.25) is 5.88 Å². The molecule has 1 aliphatic heterocycles. The number of likely N-dealkylation sites (tertiary alicyclic amines) is 1. The van der Waals surface area contributed by atoms with Crippen molar-refractivity contribution >= 4 is 5.84 Å². The van der Waals surface area contributed by atoms with Gasteiger partial charge in [-0.05, 0) is 24.8 Å². The Morgan fingerprint density at radius 1 is 1.35 bits per heavy atom. The van der Waals surface area contributed by atoms with E-state index < -0.39 is 0 Å². The van der Waals surface area contributed by atoms with Crippen LogP contribution in [-0.2, 0) is 6.42 Å². The molecule has 0 saturated carbocycles. The molecule has 1 aromatic heterocycles. The number of ether oxygens (including phenoxy) is 1. The lowest BCUT2D eigenvalue weighted by atomic mass is 10.1. The van der Waals surface area contributed by atoms with E-state index in [1.165, 1.54) is 19.3 Å². The van der Waals surface area contributed by atoms with Gasteiger partial charge in [-0.25, -0.2) is 4.98 Å². The first-order valence-corrected chi connectivity index (χ1v) is 6.11. The molecule has 0 aromatic carbocycles. The fraction of sp³-hybridized carbons (Fsp3) is 0.538. The second-order valence-corrected chi connectivity index (χ2v) is 4.38. The Morgan fingerprint density at radius 2 is 2.12 bits per heavy atom. The standard InChI is InChI=1S/C13H19N3O/c1-17-13-6-5-11(10-15-13)9-12(14)16-7-3-2-4-8-16/h5-6,10,14H,2-4,7-9H2,1H3. The van der Waals surface area contributed by atoms with Crippen molar-refractivity contribution in [2.45, 2.75) is 25.7 Å². The molecule has 17 heavy (non-hydrogen) atoms. The lowest BCUT2D eigenvalue weighted by Gasteiger charge is -2.29. The third-order valence-corrected chi connectivity index (χ3v) is 3.12. The molecule has 0 bridgehead atoms. The first-order valence-electron chi connectivity index (χ1n) is 6.11. The molecule has 4 nitrogen and oxygen atoms in total. The second kappa shape index (κ2) is 5.66. The normalized spacial score (nSPS) is 15.7. The molecule has 1 saturated heterocycles. The number of hydrogen-bond donors (Lipinski definition) is 1. The number of nitrogens with zero attached hydrogens (tertiary/aromatic N) is 2. The van der Waals surface area contributed by atoms with Gasteiger partial charge in [-0.3, -0.25) is 5.41 Å². The van der Waals surface area contributed by atoms with Crippen LogP contribution < -0.4 is 4.74 Å². The summed E-state index contributed by atoms with van der Waals surface area (Å²) in [6, 6.07) is 3.82. The summed E-state index contributed by atoms with van der Waals surface area (Å²) in [4.78, 5) is 6.33. The predicted molar refractivity (Wildman–Crippen MR) is 67.6 cm³/mol. The Balaban J connectivity index is 1.92. The van der Waals surface area contributed by atoms with Crippen LogP contribution in [0.1, 0.15) is 24.8 Å². The zero-order valence-corrected chi connectivity index (χ0v) is 10.3. The van der Waals surface area contributed by atoms with Gasteiger partial charge in [-0.15, -0.1) is 0 Å². The molecule has 0 radical (unpaired) electrons. The van der Waals surface area contributed by atoms with Crippen LogP contribution in [0.25, 0.3) is 0 Å². The maximum Gasteiger partial charge on any atom is 0.212 e. The second-order valence-electron chi connectivity index (χ2n) is 4.38. The van der Waals surface area contributed by atoms with E-state index in [4.69, 9.17) is 10.1 Å². The first-order chi connectivity index (χ1) is 8.29. The molecule has 4 heteroatoms. The average molecular weight is 233 g/mol. The van der Waals surface area contributed by atoms with E-state index in [2.05, 4.69) is 9.88 Å². The third kappa shape index (κ3) is 3.19. The molecule has 1 aliphatic rings. The van der Waals surface area contributed by atoms with Gasteiger partial charge in [0.15, 0.2) is 0 Å². The number of methoxy groups -OCH3 is 1. The number of piperidine rings is 1. The zero-order chi connectivity index (χ0) is 12.1. The van der Waals surface area contributed by atoms with Crippen LogP contribution in [0, 0.1) is 5.41 Å². The van der Waals surface area contributed by atoms with Gasteiger partial charge in [0, 0.05) is 31.8 Å². The summed E-state index contributed by atoms with van der Waals surface area (Å²) in [5.74, 6) is 1.33. The largest absolute Gasteiger partial charge is 0.481 e. The van der Waals surface area contributed by atoms with Crippen LogP contribution in [0.2, 0.25) is 0 Å². The highest BCUT2D eigenvalue weighted by molar-refractivity contribution is 5.81. The molecular weight excluding hydrogens is 214 g/mol. The van der Waals surface area contributed by atoms with Crippen LogP contribution in [0.3, 0.4) is 0 Å². The summed E-state index contributed by atoms with van der Waals surface area (Å²) >= 11 is 0. The Bertz CT molecular complexity index is 369. The monoisotopic (exact) mass is 233 g/mol. The first kappa shape index (κ1) is 11.9. The Hall–Kier alpha value is -1.58. The van der Waals surface area contributed by atoms with Crippen LogP contribution in [0.5, 0.6) is 5.88 Å². The summed E-state index contributed by atoms with van der Waals surface area (Å²) in [6.45, 7) is 2.06. The van der Waals surface area contributed by atoms with E-state index in [-0.39, 0.29) is 0 Å². The summed E-state index contributed by atoms with van der Waals surface area (Å²) < 4.78 is 5.02. The van der Waals surface area contributed by atoms with E-state index in [1.54, 1.807) is 13.3 Å². The Morgan fingerprint density at radius 3 is 2.71 bits per heavy atom. The topological polar surface area (TPSA) is 49.2 Å². The van der Waals surface area contributed by atoms with Gasteiger partial charge in [0.25, 0.3) is 0 Å². The van der Waals surface area contributed by atoms with Crippen LogP contribution in [0.4, 0.5) is 0 Å². The lowest BCUT2D eigenvalue weighted by Crippen LogP contribution is -2.36. The minimum atomic E-state index is 0.623. The Kier molecular flexibility index (Phi) is 3.96. The number of rotatable bonds is 3. The van der Waals surface area contributed by atoms with Crippen LogP contribution in [0.15, 0.2) is 18.3 Å². The molecule has 2 rings (SSSR count). The number of amidine groups is 1. The molecule has 1 aromatic rings. The van der Waals surface area contributed by atoms with E-state index in [1.807, 2.05) is 12.1 Å². The predicted octanol–water partition coefficient (Wildman–Crippen LogP) is 2.10. The highest BCUT2D eigenvalue weighted by Crippen LogP contribution is 2.12. The maximum absolute atomic E-state index is 8.09. The molecule has 0 spiro atoms. The quantitative estimate of drug-likeness (QED) is 0.642. The average Bonchev–Trinajstić information content (AvgIpc) is 2.40. The van der Waals surface area contributed by atoms with E-state index in [9.17, 15) is 0 Å². The van der Waals surface area contributed by atoms with Crippen molar-refractivity contribution < 1.29 is 4.74 Å². The van der Waals surface area contributed by atoms with Gasteiger partial charge < -0.3 is 9.64 Å². The third-order valence-electron chi connectivity index (χ3n) is 3.12. The number of nitrogens with one attached hydrogen (secondary N) is 1. The summed E-state index contributed by atoms with van der Waals surface area (Å²) in [5, 5.41) is 8.09. The molecule has 0 amide bonds. The van der Waals surface area contributed by atoms with E-state index >= 15 is 0 Å². The van der Waals surface area contributed by atoms with Crippen molar-refractivity contribution in [2.75, 3.05) is 20.2 Å². The van der Waals surface area contributed by atoms with Crippen molar-refractivity contribution in [3.63, 3.8) is 0 Å². The fourth-order valence-corrected chi connectivity index (χ4v) is 2.11. The van der Waals surface area contributed by atoms with E-state index in [0.29, 0.717) is 18.1 Å². The molecule has 92 valence electrons. The molecule has 1 fully saturated rings. The van der Waals surface area contributed by atoms with Gasteiger partial charge in [-0.1, -0.05) is 6.07 Å². The van der Waals surface area contributed by atoms with Gasteiger partial charge in [0.05, 0.1) is 7.11 Å². The Labute approximate surface area is 102 Å². The minimum Gasteiger partial charge on any atom is -0.481 e. The minimum absolute atomic E-state index is 0.623. The smallest absolute Gasteiger partial charge is 0.212 e. The summed E-state index contributed by atoms with van der Waals surface area (Å²) in [6.07, 6.45) is 6.18. The SMILES string of the molecule is COc1ccc(CC(=N)N2CCCCC2)cn1. The molecule has 0 aliphatic carbocycles. The molecule has 0 atom stereocenters. The highest BCUT2D eigenvalue weighted by Gasteiger charge is 2.13. The molecule has 0 unspecified atom stereocenters. The van der Waals surface area contributed by atoms with E-state index in [0.717, 1.165) is 18.7 Å². The van der Waals surface area contributed by atoms with Crippen LogP contribution in [-0.4, -0.2) is 35.9 Å². The van der Waals surface area contributed by atoms with Crippen molar-refractivity contribution in [3.8, 4) is 5.88 Å². The lowest BCUT2D eigenvalue weighted by molar-refractivity contribution is 0.336. The number of hydrogen-bond acceptors (Lipinski definition) is 3. The number of aromatic nitrogens is 1. The van der Waals surface area contributed by atoms with Crippen molar-refractivity contribution in [1.82, 2.24) is 9.88 Å². The summed E-state index contributed by atoms with van der Waals surface area (Å²) in [7, 11) is 1.61. The molecule has 1 N–H and O–H groups in total. The van der Waals surface area contributed by atoms with Crippen molar-refractivity contribution in [2.24, 2.45) is 0 Å². The number of pyridine rings is 1. The maximum atomic E-state index is 8.09. The van der Waals surface area contributed by atoms with Crippen molar-refractivity contribution in [1.29, 1.82) is 5.41 Å². The highest BCUT2D eigenvalue weighted by atomic mass is 16.5. The summed E-state index contributed by atoms with van der Waals surface area (Å²) in [5.41, 5.74) is 1.07. The van der Waals surface area contributed by atoms with Crippen molar-refractivity contribution in [3.05, 3.63) is 23.9 Å². The zero-order valence-electron chi connectivity index (χ0n) is 10.3. The molecule has 2 heterocycles. The van der Waals surface area contributed by atoms with Crippen LogP contribution >= 0.6 is 0 Å².